The molecule has 4 aromatic rings. The van der Waals surface area contributed by atoms with Crippen LogP contribution in [0.2, 0.25) is 0 Å². The van der Waals surface area contributed by atoms with Gasteiger partial charge in [0.1, 0.15) is 5.82 Å². The number of carbonyl (C=O) groups is 1. The number of nitrogens with one attached hydrogen (secondary N) is 2. The molecule has 0 fully saturated rings. The summed E-state index contributed by atoms with van der Waals surface area (Å²) in [5, 5.41) is 9.52. The van der Waals surface area contributed by atoms with Gasteiger partial charge in [0.2, 0.25) is 0 Å². The van der Waals surface area contributed by atoms with Crippen LogP contribution in [-0.2, 0) is 7.05 Å². The average molecular weight is 402 g/mol. The molecule has 2 aromatic carbocycles. The predicted octanol–water partition coefficient (Wildman–Crippen LogP) is 3.81. The molecule has 1 aliphatic rings. The Labute approximate surface area is 172 Å². The van der Waals surface area contributed by atoms with Gasteiger partial charge < -0.3 is 15.2 Å². The standard InChI is InChI=1S/C22H19FN6O/c1-28-12-15(9-26-28)14-6-7-19(18(23)8-14)27-22(30)25-11-21-17-5-3-2-4-16(17)20-10-24-13-29(20)21/h2-10,12-13,21H,11H2,1H3,(H2,25,27,30). The van der Waals surface area contributed by atoms with E-state index < -0.39 is 11.8 Å². The molecule has 0 radical (unpaired) electrons. The van der Waals surface area contributed by atoms with E-state index in [9.17, 15) is 9.18 Å². The van der Waals surface area contributed by atoms with E-state index in [1.54, 1.807) is 42.6 Å². The first-order valence-corrected chi connectivity index (χ1v) is 9.55. The summed E-state index contributed by atoms with van der Waals surface area (Å²) >= 11 is 0. The van der Waals surface area contributed by atoms with E-state index in [1.165, 1.54) is 6.07 Å². The second-order valence-electron chi connectivity index (χ2n) is 7.22. The van der Waals surface area contributed by atoms with Crippen molar-refractivity contribution in [2.45, 2.75) is 6.04 Å². The number of benzene rings is 2. The SMILES string of the molecule is Cn1cc(-c2ccc(NC(=O)NCC3c4ccccc4-c4cncn43)c(F)c2)cn1. The fraction of sp³-hybridized carbons (Fsp3) is 0.136. The minimum Gasteiger partial charge on any atom is -0.335 e. The molecule has 3 heterocycles. The lowest BCUT2D eigenvalue weighted by atomic mass is 10.0. The number of aromatic nitrogens is 4. The van der Waals surface area contributed by atoms with Gasteiger partial charge in [-0.05, 0) is 23.3 Å². The van der Waals surface area contributed by atoms with E-state index in [0.717, 1.165) is 22.4 Å². The van der Waals surface area contributed by atoms with Crippen LogP contribution in [0.5, 0.6) is 0 Å². The first kappa shape index (κ1) is 18.1. The van der Waals surface area contributed by atoms with Crippen molar-refractivity contribution in [3.05, 3.63) is 78.8 Å². The molecule has 2 aromatic heterocycles. The minimum atomic E-state index is -0.505. The van der Waals surface area contributed by atoms with Gasteiger partial charge in [0, 0.05) is 30.9 Å². The summed E-state index contributed by atoms with van der Waals surface area (Å²) in [4.78, 5) is 16.6. The number of hydrogen-bond donors (Lipinski definition) is 2. The van der Waals surface area contributed by atoms with E-state index in [0.29, 0.717) is 12.1 Å². The zero-order valence-corrected chi connectivity index (χ0v) is 16.2. The third kappa shape index (κ3) is 3.12. The molecule has 30 heavy (non-hydrogen) atoms. The van der Waals surface area contributed by atoms with Crippen LogP contribution in [0.4, 0.5) is 14.9 Å². The Morgan fingerprint density at radius 3 is 2.83 bits per heavy atom. The summed E-state index contributed by atoms with van der Waals surface area (Å²) < 4.78 is 18.2. The summed E-state index contributed by atoms with van der Waals surface area (Å²) in [6, 6.07) is 12.2. The van der Waals surface area contributed by atoms with Gasteiger partial charge in [-0.1, -0.05) is 30.3 Å². The normalized spacial score (nSPS) is 14.3. The van der Waals surface area contributed by atoms with Crippen molar-refractivity contribution in [1.82, 2.24) is 24.6 Å². The van der Waals surface area contributed by atoms with Gasteiger partial charge in [-0.3, -0.25) is 4.68 Å². The van der Waals surface area contributed by atoms with Crippen LogP contribution in [0.25, 0.3) is 22.4 Å². The molecule has 8 heteroatoms. The first-order chi connectivity index (χ1) is 14.6. The lowest BCUT2D eigenvalue weighted by molar-refractivity contribution is 0.251. The van der Waals surface area contributed by atoms with Crippen LogP contribution in [0.3, 0.4) is 0 Å². The lowest BCUT2D eigenvalue weighted by Gasteiger charge is -2.16. The number of fused-ring (bicyclic) bond motifs is 3. The Hall–Kier alpha value is -3.94. The Balaban J connectivity index is 1.27. The molecule has 0 aliphatic carbocycles. The number of halogens is 1. The predicted molar refractivity (Wildman–Crippen MR) is 111 cm³/mol. The van der Waals surface area contributed by atoms with Crippen LogP contribution < -0.4 is 10.6 Å². The second kappa shape index (κ2) is 7.14. The molecule has 1 atom stereocenters. The first-order valence-electron chi connectivity index (χ1n) is 9.55. The van der Waals surface area contributed by atoms with Crippen molar-refractivity contribution in [3.63, 3.8) is 0 Å². The van der Waals surface area contributed by atoms with Gasteiger partial charge >= 0.3 is 6.03 Å². The number of imidazole rings is 1. The van der Waals surface area contributed by atoms with Crippen LogP contribution in [0.15, 0.2) is 67.4 Å². The lowest BCUT2D eigenvalue weighted by Crippen LogP contribution is -2.33. The molecule has 0 bridgehead atoms. The summed E-state index contributed by atoms with van der Waals surface area (Å²) in [5.41, 5.74) is 4.89. The van der Waals surface area contributed by atoms with Gasteiger partial charge in [-0.2, -0.15) is 5.10 Å². The van der Waals surface area contributed by atoms with Crippen LogP contribution >= 0.6 is 0 Å². The van der Waals surface area contributed by atoms with E-state index >= 15 is 0 Å². The number of carbonyl (C=O) groups excluding carboxylic acids is 1. The number of rotatable bonds is 4. The number of amides is 2. The highest BCUT2D eigenvalue weighted by molar-refractivity contribution is 5.90. The number of aryl methyl sites for hydroxylation is 1. The molecule has 2 amide bonds. The smallest absolute Gasteiger partial charge is 0.319 e. The average Bonchev–Trinajstić information content (AvgIpc) is 3.44. The topological polar surface area (TPSA) is 76.8 Å². The summed E-state index contributed by atoms with van der Waals surface area (Å²) in [7, 11) is 1.80. The molecule has 2 N–H and O–H groups in total. The molecule has 1 aliphatic heterocycles. The van der Waals surface area contributed by atoms with E-state index in [2.05, 4.69) is 20.7 Å². The van der Waals surface area contributed by atoms with Crippen molar-refractivity contribution < 1.29 is 9.18 Å². The quantitative estimate of drug-likeness (QED) is 0.545. The largest absolute Gasteiger partial charge is 0.335 e. The van der Waals surface area contributed by atoms with Crippen molar-refractivity contribution in [2.75, 3.05) is 11.9 Å². The highest BCUT2D eigenvalue weighted by atomic mass is 19.1. The Morgan fingerprint density at radius 1 is 1.17 bits per heavy atom. The highest BCUT2D eigenvalue weighted by Gasteiger charge is 2.28. The van der Waals surface area contributed by atoms with Crippen LogP contribution in [0, 0.1) is 5.82 Å². The van der Waals surface area contributed by atoms with Crippen molar-refractivity contribution in [1.29, 1.82) is 0 Å². The number of urea groups is 1. The van der Waals surface area contributed by atoms with Crippen LogP contribution in [-0.4, -0.2) is 31.9 Å². The fourth-order valence-corrected chi connectivity index (χ4v) is 3.86. The Kier molecular flexibility index (Phi) is 4.31. The number of anilines is 1. The van der Waals surface area contributed by atoms with Gasteiger partial charge in [0.05, 0.1) is 36.1 Å². The zero-order chi connectivity index (χ0) is 20.7. The Morgan fingerprint density at radius 2 is 2.03 bits per heavy atom. The summed E-state index contributed by atoms with van der Waals surface area (Å²) in [6.45, 7) is 0.363. The highest BCUT2D eigenvalue weighted by Crippen LogP contribution is 2.38. The summed E-state index contributed by atoms with van der Waals surface area (Å²) in [6.07, 6.45) is 7.05. The number of nitrogens with zero attached hydrogens (tertiary/aromatic N) is 4. The molecule has 5 rings (SSSR count). The monoisotopic (exact) mass is 402 g/mol. The van der Waals surface area contributed by atoms with Crippen molar-refractivity contribution >= 4 is 11.7 Å². The zero-order valence-electron chi connectivity index (χ0n) is 16.2. The maximum absolute atomic E-state index is 14.5. The van der Waals surface area contributed by atoms with Gasteiger partial charge in [0.25, 0.3) is 0 Å². The maximum Gasteiger partial charge on any atom is 0.319 e. The van der Waals surface area contributed by atoms with Crippen molar-refractivity contribution in [2.24, 2.45) is 7.05 Å². The van der Waals surface area contributed by atoms with Gasteiger partial charge in [0.15, 0.2) is 0 Å². The summed E-state index contributed by atoms with van der Waals surface area (Å²) in [5.74, 6) is -0.505. The Bertz CT molecular complexity index is 1240. The number of hydrogen-bond acceptors (Lipinski definition) is 3. The second-order valence-corrected chi connectivity index (χ2v) is 7.22. The van der Waals surface area contributed by atoms with Crippen molar-refractivity contribution in [3.8, 4) is 22.4 Å². The van der Waals surface area contributed by atoms with E-state index in [4.69, 9.17) is 0 Å². The molecule has 150 valence electrons. The molecule has 7 nitrogen and oxygen atoms in total. The van der Waals surface area contributed by atoms with Gasteiger partial charge in [-0.25, -0.2) is 14.2 Å². The molecule has 0 spiro atoms. The fourth-order valence-electron chi connectivity index (χ4n) is 3.86. The molecule has 0 saturated carbocycles. The molecule has 0 saturated heterocycles. The minimum absolute atomic E-state index is 0.0535. The van der Waals surface area contributed by atoms with E-state index in [-0.39, 0.29) is 11.7 Å². The maximum atomic E-state index is 14.5. The van der Waals surface area contributed by atoms with E-state index in [1.807, 2.05) is 35.0 Å². The van der Waals surface area contributed by atoms with Crippen LogP contribution in [0.1, 0.15) is 11.6 Å². The molecule has 1 unspecified atom stereocenters. The molecular formula is C22H19FN6O. The third-order valence-electron chi connectivity index (χ3n) is 5.31. The van der Waals surface area contributed by atoms with Gasteiger partial charge in [-0.15, -0.1) is 0 Å². The molecular weight excluding hydrogens is 383 g/mol. The third-order valence-corrected chi connectivity index (χ3v) is 5.31.